The largest absolute Gasteiger partial charge is 0.444 e. The molecule has 0 fully saturated rings. The van der Waals surface area contributed by atoms with Crippen molar-refractivity contribution in [1.29, 1.82) is 0 Å². The molecule has 0 aliphatic carbocycles. The van der Waals surface area contributed by atoms with Gasteiger partial charge in [-0.05, 0) is 43.5 Å². The van der Waals surface area contributed by atoms with Crippen LogP contribution in [0.4, 0.5) is 13.6 Å². The average Bonchev–Trinajstić information content (AvgIpc) is 2.45. The highest BCUT2D eigenvalue weighted by Crippen LogP contribution is 2.29. The second-order valence-corrected chi connectivity index (χ2v) is 6.33. The second-order valence-electron chi connectivity index (χ2n) is 6.33. The van der Waals surface area contributed by atoms with Crippen molar-refractivity contribution in [2.45, 2.75) is 39.2 Å². The van der Waals surface area contributed by atoms with Crippen molar-refractivity contribution in [3.05, 3.63) is 47.5 Å². The highest BCUT2D eigenvalue weighted by atomic mass is 19.3. The first kappa shape index (κ1) is 17.2. The summed E-state index contributed by atoms with van der Waals surface area (Å²) < 4.78 is 31.6. The van der Waals surface area contributed by atoms with Gasteiger partial charge in [0.2, 0.25) is 0 Å². The fraction of sp³-hybridized carbons (Fsp3) is 0.389. The number of rotatable bonds is 4. The van der Waals surface area contributed by atoms with E-state index in [1.165, 1.54) is 6.07 Å². The van der Waals surface area contributed by atoms with Crippen LogP contribution in [0.2, 0.25) is 0 Å². The predicted octanol–water partition coefficient (Wildman–Crippen LogP) is 4.84. The Morgan fingerprint density at radius 1 is 1.17 bits per heavy atom. The van der Waals surface area contributed by atoms with Crippen molar-refractivity contribution in [2.24, 2.45) is 0 Å². The summed E-state index contributed by atoms with van der Waals surface area (Å²) in [6.07, 6.45) is -2.77. The summed E-state index contributed by atoms with van der Waals surface area (Å²) in [5.74, 6) is 0. The van der Waals surface area contributed by atoms with Gasteiger partial charge in [0, 0.05) is 12.1 Å². The number of amides is 1. The Morgan fingerprint density at radius 3 is 2.52 bits per heavy atom. The molecule has 0 aliphatic heterocycles. The van der Waals surface area contributed by atoms with Crippen LogP contribution in [-0.2, 0) is 11.2 Å². The summed E-state index contributed by atoms with van der Waals surface area (Å²) in [6.45, 7) is 5.55. The molecule has 0 aliphatic rings. The van der Waals surface area contributed by atoms with E-state index in [2.05, 4.69) is 5.32 Å². The van der Waals surface area contributed by atoms with Gasteiger partial charge >= 0.3 is 6.09 Å². The van der Waals surface area contributed by atoms with E-state index in [1.54, 1.807) is 26.8 Å². The molecule has 2 aromatic carbocycles. The number of fused-ring (bicyclic) bond motifs is 1. The summed E-state index contributed by atoms with van der Waals surface area (Å²) in [6, 6.07) is 10.5. The van der Waals surface area contributed by atoms with E-state index in [1.807, 2.05) is 24.3 Å². The molecule has 0 saturated heterocycles. The number of nitrogens with one attached hydrogen (secondary N) is 1. The number of carbonyl (C=O) groups is 1. The zero-order valence-electron chi connectivity index (χ0n) is 13.5. The van der Waals surface area contributed by atoms with E-state index in [9.17, 15) is 13.6 Å². The predicted molar refractivity (Wildman–Crippen MR) is 86.8 cm³/mol. The smallest absolute Gasteiger partial charge is 0.407 e. The van der Waals surface area contributed by atoms with Gasteiger partial charge in [0.15, 0.2) is 0 Å². The first-order chi connectivity index (χ1) is 10.8. The van der Waals surface area contributed by atoms with Crippen molar-refractivity contribution in [3.8, 4) is 0 Å². The highest BCUT2D eigenvalue weighted by molar-refractivity contribution is 5.87. The van der Waals surface area contributed by atoms with Crippen LogP contribution in [0.25, 0.3) is 10.8 Å². The molecule has 0 saturated carbocycles. The van der Waals surface area contributed by atoms with Crippen molar-refractivity contribution in [3.63, 3.8) is 0 Å². The lowest BCUT2D eigenvalue weighted by atomic mass is 9.96. The topological polar surface area (TPSA) is 38.3 Å². The Labute approximate surface area is 134 Å². The molecule has 0 spiro atoms. The van der Waals surface area contributed by atoms with Crippen LogP contribution in [0.5, 0.6) is 0 Å². The van der Waals surface area contributed by atoms with Crippen LogP contribution in [-0.4, -0.2) is 18.2 Å². The van der Waals surface area contributed by atoms with Gasteiger partial charge < -0.3 is 10.1 Å². The van der Waals surface area contributed by atoms with Gasteiger partial charge in [0.25, 0.3) is 6.43 Å². The molecule has 2 rings (SSSR count). The molecule has 2 aromatic rings. The number of hydrogen-bond donors (Lipinski definition) is 1. The van der Waals surface area contributed by atoms with Crippen LogP contribution < -0.4 is 5.32 Å². The average molecular weight is 321 g/mol. The first-order valence-electron chi connectivity index (χ1n) is 7.53. The Kier molecular flexibility index (Phi) is 5.19. The number of hydrogen-bond acceptors (Lipinski definition) is 2. The van der Waals surface area contributed by atoms with Gasteiger partial charge in [0.1, 0.15) is 5.60 Å². The minimum absolute atomic E-state index is 0.00897. The van der Waals surface area contributed by atoms with Crippen molar-refractivity contribution >= 4 is 16.9 Å². The van der Waals surface area contributed by atoms with Crippen LogP contribution >= 0.6 is 0 Å². The molecule has 3 nitrogen and oxygen atoms in total. The quantitative estimate of drug-likeness (QED) is 0.874. The Balaban J connectivity index is 2.15. The van der Waals surface area contributed by atoms with Gasteiger partial charge in [-0.15, -0.1) is 0 Å². The lowest BCUT2D eigenvalue weighted by Crippen LogP contribution is -2.33. The standard InChI is InChI=1S/C18H21F2NO2/c1-18(2,3)23-17(22)21-11-10-14-13-7-5-4-6-12(13)8-9-15(14)16(19)20/h4-9,16H,10-11H2,1-3H3,(H,21,22). The number of alkyl halides is 2. The van der Waals surface area contributed by atoms with Gasteiger partial charge in [-0.3, -0.25) is 0 Å². The second kappa shape index (κ2) is 6.94. The minimum atomic E-state index is -2.55. The summed E-state index contributed by atoms with van der Waals surface area (Å²) in [4.78, 5) is 11.6. The molecule has 0 aromatic heterocycles. The monoisotopic (exact) mass is 321 g/mol. The van der Waals surface area contributed by atoms with Crippen LogP contribution in [0.3, 0.4) is 0 Å². The van der Waals surface area contributed by atoms with Crippen LogP contribution in [0, 0.1) is 0 Å². The SMILES string of the molecule is CC(C)(C)OC(=O)NCCc1c(C(F)F)ccc2ccccc12. The summed E-state index contributed by atoms with van der Waals surface area (Å²) in [5.41, 5.74) is -0.0126. The van der Waals surface area contributed by atoms with Crippen molar-refractivity contribution in [2.75, 3.05) is 6.54 Å². The maximum absolute atomic E-state index is 13.3. The van der Waals surface area contributed by atoms with Gasteiger partial charge in [-0.2, -0.15) is 0 Å². The minimum Gasteiger partial charge on any atom is -0.444 e. The maximum Gasteiger partial charge on any atom is 0.407 e. The molecule has 1 N–H and O–H groups in total. The zero-order chi connectivity index (χ0) is 17.0. The molecule has 0 atom stereocenters. The van der Waals surface area contributed by atoms with Crippen LogP contribution in [0.1, 0.15) is 38.3 Å². The molecule has 0 heterocycles. The normalized spacial score (nSPS) is 11.7. The molecule has 0 unspecified atom stereocenters. The number of benzene rings is 2. The third-order valence-electron chi connectivity index (χ3n) is 3.36. The lowest BCUT2D eigenvalue weighted by Gasteiger charge is -2.20. The Bertz CT molecular complexity index is 693. The fourth-order valence-corrected chi connectivity index (χ4v) is 2.44. The van der Waals surface area contributed by atoms with Gasteiger partial charge in [0.05, 0.1) is 0 Å². The molecule has 5 heteroatoms. The van der Waals surface area contributed by atoms with Crippen molar-refractivity contribution < 1.29 is 18.3 Å². The number of carbonyl (C=O) groups excluding carboxylic acids is 1. The van der Waals surface area contributed by atoms with E-state index in [0.29, 0.717) is 12.0 Å². The Hall–Kier alpha value is -2.17. The summed E-state index contributed by atoms with van der Waals surface area (Å²) in [7, 11) is 0. The fourth-order valence-electron chi connectivity index (χ4n) is 2.44. The third kappa shape index (κ3) is 4.65. The van der Waals surface area contributed by atoms with E-state index in [0.717, 1.165) is 10.8 Å². The molecule has 124 valence electrons. The molecule has 23 heavy (non-hydrogen) atoms. The number of alkyl carbamates (subject to hydrolysis) is 1. The molecule has 0 radical (unpaired) electrons. The zero-order valence-corrected chi connectivity index (χ0v) is 13.5. The molecular formula is C18H21F2NO2. The van der Waals surface area contributed by atoms with Crippen molar-refractivity contribution in [1.82, 2.24) is 5.32 Å². The van der Waals surface area contributed by atoms with E-state index < -0.39 is 18.1 Å². The molecule has 1 amide bonds. The number of ether oxygens (including phenoxy) is 1. The van der Waals surface area contributed by atoms with Crippen LogP contribution in [0.15, 0.2) is 36.4 Å². The first-order valence-corrected chi connectivity index (χ1v) is 7.53. The summed E-state index contributed by atoms with van der Waals surface area (Å²) in [5, 5.41) is 4.31. The maximum atomic E-state index is 13.3. The lowest BCUT2D eigenvalue weighted by molar-refractivity contribution is 0.0528. The van der Waals surface area contributed by atoms with E-state index >= 15 is 0 Å². The van der Waals surface area contributed by atoms with Gasteiger partial charge in [-0.25, -0.2) is 13.6 Å². The Morgan fingerprint density at radius 2 is 1.87 bits per heavy atom. The van der Waals surface area contributed by atoms with Gasteiger partial charge in [-0.1, -0.05) is 36.4 Å². The molecular weight excluding hydrogens is 300 g/mol. The van der Waals surface area contributed by atoms with E-state index in [-0.39, 0.29) is 12.1 Å². The number of halogens is 2. The molecule has 0 bridgehead atoms. The third-order valence-corrected chi connectivity index (χ3v) is 3.36. The highest BCUT2D eigenvalue weighted by Gasteiger charge is 2.18. The van der Waals surface area contributed by atoms with E-state index in [4.69, 9.17) is 4.74 Å². The summed E-state index contributed by atoms with van der Waals surface area (Å²) >= 11 is 0.